The van der Waals surface area contributed by atoms with Crippen LogP contribution in [0.15, 0.2) is 52.5 Å². The Bertz CT molecular complexity index is 1560. The summed E-state index contributed by atoms with van der Waals surface area (Å²) in [6.45, 7) is 0.199. The van der Waals surface area contributed by atoms with Crippen LogP contribution in [0.4, 0.5) is 5.13 Å². The number of rotatable bonds is 8. The maximum Gasteiger partial charge on any atom is 0.352 e. The summed E-state index contributed by atoms with van der Waals surface area (Å²) >= 11 is 2.45. The van der Waals surface area contributed by atoms with Crippen LogP contribution in [-0.2, 0) is 25.8 Å². The van der Waals surface area contributed by atoms with Gasteiger partial charge in [-0.05, 0) is 6.07 Å². The first kappa shape index (κ1) is 25.2. The van der Waals surface area contributed by atoms with Crippen molar-refractivity contribution in [3.63, 3.8) is 0 Å². The number of oxime groups is 1. The van der Waals surface area contributed by atoms with Gasteiger partial charge in [0.05, 0.1) is 5.56 Å². The van der Waals surface area contributed by atoms with Gasteiger partial charge >= 0.3 is 5.97 Å². The van der Waals surface area contributed by atoms with E-state index in [-0.39, 0.29) is 28.8 Å². The molecular formula is C22H21N8O6S2+. The van der Waals surface area contributed by atoms with E-state index in [4.69, 9.17) is 16.3 Å². The van der Waals surface area contributed by atoms with E-state index in [9.17, 15) is 24.3 Å². The molecule has 5 rings (SSSR count). The number of nitrogens with zero attached hydrogens (tertiary/aromatic N) is 5. The van der Waals surface area contributed by atoms with Crippen molar-refractivity contribution in [2.24, 2.45) is 10.9 Å². The van der Waals surface area contributed by atoms with E-state index in [2.05, 4.69) is 15.5 Å². The highest BCUT2D eigenvalue weighted by Gasteiger charge is 2.54. The SMILES string of the molecule is CO/N=C(\C(=O)N[C@@H]1C(=O)N2C(C(=O)O)=C(C[n+]3ccn4cc(C(N)=O)ccc43)CS[C@H]12)c1csc(N)n1. The zero-order valence-electron chi connectivity index (χ0n) is 19.7. The van der Waals surface area contributed by atoms with Crippen LogP contribution in [0.1, 0.15) is 16.1 Å². The predicted molar refractivity (Wildman–Crippen MR) is 136 cm³/mol. The molecule has 16 heteroatoms. The second kappa shape index (κ2) is 9.79. The van der Waals surface area contributed by atoms with Gasteiger partial charge in [-0.3, -0.25) is 19.3 Å². The smallest absolute Gasteiger partial charge is 0.352 e. The first-order valence-corrected chi connectivity index (χ1v) is 13.0. The number of thioether (sulfide) groups is 1. The van der Waals surface area contributed by atoms with Crippen LogP contribution in [0.25, 0.3) is 5.65 Å². The van der Waals surface area contributed by atoms with E-state index in [0.717, 1.165) is 11.3 Å². The fraction of sp³-hybridized carbons (Fsp3) is 0.227. The fourth-order valence-corrected chi connectivity index (χ4v) is 6.18. The molecule has 0 radical (unpaired) electrons. The Balaban J connectivity index is 1.37. The Morgan fingerprint density at radius 2 is 2.16 bits per heavy atom. The van der Waals surface area contributed by atoms with E-state index in [1.54, 1.807) is 39.7 Å². The van der Waals surface area contributed by atoms with Gasteiger partial charge in [0, 0.05) is 22.8 Å². The Morgan fingerprint density at radius 1 is 1.37 bits per heavy atom. The molecule has 14 nitrogen and oxygen atoms in total. The molecule has 2 aliphatic heterocycles. The molecule has 3 amide bonds. The minimum absolute atomic E-state index is 0.122. The minimum Gasteiger partial charge on any atom is -0.477 e. The average molecular weight is 558 g/mol. The lowest BCUT2D eigenvalue weighted by molar-refractivity contribution is -0.662. The molecule has 3 aromatic heterocycles. The molecule has 38 heavy (non-hydrogen) atoms. The van der Waals surface area contributed by atoms with Crippen molar-refractivity contribution >= 4 is 63.3 Å². The van der Waals surface area contributed by atoms with Crippen LogP contribution < -0.4 is 21.4 Å². The Labute approximate surface area is 222 Å². The second-order valence-electron chi connectivity index (χ2n) is 8.29. The lowest BCUT2D eigenvalue weighted by Crippen LogP contribution is -2.71. The van der Waals surface area contributed by atoms with Gasteiger partial charge in [0.25, 0.3) is 23.4 Å². The molecule has 3 aromatic rings. The second-order valence-corrected chi connectivity index (χ2v) is 10.3. The molecule has 0 aromatic carbocycles. The Kier molecular flexibility index (Phi) is 6.50. The number of β-lactam (4-membered cyclic amide) rings is 1. The van der Waals surface area contributed by atoms with E-state index in [1.165, 1.54) is 29.2 Å². The molecule has 0 aliphatic carbocycles. The third-order valence-corrected chi connectivity index (χ3v) is 8.01. The summed E-state index contributed by atoms with van der Waals surface area (Å²) in [7, 11) is 1.27. The number of thiazole rings is 1. The molecule has 1 saturated heterocycles. The summed E-state index contributed by atoms with van der Waals surface area (Å²) < 4.78 is 3.51. The highest BCUT2D eigenvalue weighted by molar-refractivity contribution is 8.00. The number of fused-ring (bicyclic) bond motifs is 2. The Hall–Kier alpha value is -4.44. The number of hydrogen-bond donors (Lipinski definition) is 4. The molecule has 196 valence electrons. The number of imidazole rings is 1. The predicted octanol–water partition coefficient (Wildman–Crippen LogP) is -0.846. The van der Waals surface area contributed by atoms with E-state index >= 15 is 0 Å². The third kappa shape index (κ3) is 4.32. The number of amides is 3. The number of carbonyl (C=O) groups excluding carboxylic acids is 3. The van der Waals surface area contributed by atoms with Crippen molar-refractivity contribution in [3.05, 3.63) is 58.6 Å². The summed E-state index contributed by atoms with van der Waals surface area (Å²) in [6, 6.07) is 2.33. The molecule has 0 saturated carbocycles. The number of nitrogens with one attached hydrogen (secondary N) is 1. The van der Waals surface area contributed by atoms with Crippen LogP contribution in [-0.4, -0.2) is 73.1 Å². The number of carboxylic acids is 1. The monoisotopic (exact) mass is 557 g/mol. The summed E-state index contributed by atoms with van der Waals surface area (Å²) in [4.78, 5) is 59.7. The zero-order chi connectivity index (χ0) is 27.1. The number of primary amides is 1. The molecule has 5 heterocycles. The average Bonchev–Trinajstić information content (AvgIpc) is 3.50. The largest absolute Gasteiger partial charge is 0.477 e. The molecule has 2 atom stereocenters. The number of anilines is 1. The lowest BCUT2D eigenvalue weighted by Gasteiger charge is -2.49. The van der Waals surface area contributed by atoms with E-state index in [0.29, 0.717) is 22.5 Å². The van der Waals surface area contributed by atoms with Crippen molar-refractivity contribution in [3.8, 4) is 0 Å². The number of aliphatic carboxylic acids is 1. The summed E-state index contributed by atoms with van der Waals surface area (Å²) in [5.74, 6) is -2.75. The van der Waals surface area contributed by atoms with Crippen LogP contribution in [0.3, 0.4) is 0 Å². The summed E-state index contributed by atoms with van der Waals surface area (Å²) in [6.07, 6.45) is 5.04. The van der Waals surface area contributed by atoms with Crippen LogP contribution in [0, 0.1) is 0 Å². The van der Waals surface area contributed by atoms with Crippen molar-refractivity contribution in [1.29, 1.82) is 0 Å². The van der Waals surface area contributed by atoms with Crippen molar-refractivity contribution in [2.75, 3.05) is 18.6 Å². The Morgan fingerprint density at radius 3 is 2.82 bits per heavy atom. The quantitative estimate of drug-likeness (QED) is 0.118. The maximum absolute atomic E-state index is 13.1. The molecule has 0 spiro atoms. The van der Waals surface area contributed by atoms with Gasteiger partial charge in [0.2, 0.25) is 0 Å². The zero-order valence-corrected chi connectivity index (χ0v) is 21.4. The first-order chi connectivity index (χ1) is 18.2. The summed E-state index contributed by atoms with van der Waals surface area (Å²) in [5.41, 5.74) is 12.5. The van der Waals surface area contributed by atoms with E-state index in [1.807, 2.05) is 0 Å². The number of carboxylic acid groups (broad SMARTS) is 1. The molecule has 2 aliphatic rings. The van der Waals surface area contributed by atoms with Gasteiger partial charge in [-0.25, -0.2) is 18.7 Å². The van der Waals surface area contributed by atoms with Crippen molar-refractivity contribution < 1.29 is 33.7 Å². The van der Waals surface area contributed by atoms with Crippen LogP contribution in [0.5, 0.6) is 0 Å². The minimum atomic E-state index is -1.25. The molecule has 6 N–H and O–H groups in total. The number of carbonyl (C=O) groups is 4. The van der Waals surface area contributed by atoms with Gasteiger partial charge in [-0.15, -0.1) is 23.1 Å². The van der Waals surface area contributed by atoms with Crippen LogP contribution >= 0.6 is 23.1 Å². The lowest BCUT2D eigenvalue weighted by atomic mass is 10.0. The topological polar surface area (TPSA) is 199 Å². The van der Waals surface area contributed by atoms with Gasteiger partial charge < -0.3 is 26.7 Å². The van der Waals surface area contributed by atoms with E-state index < -0.39 is 35.1 Å². The highest BCUT2D eigenvalue weighted by Crippen LogP contribution is 2.40. The van der Waals surface area contributed by atoms with Crippen molar-refractivity contribution in [1.82, 2.24) is 19.6 Å². The third-order valence-electron chi connectivity index (χ3n) is 6.00. The van der Waals surface area contributed by atoms with Crippen molar-refractivity contribution in [2.45, 2.75) is 18.0 Å². The first-order valence-electron chi connectivity index (χ1n) is 11.0. The normalized spacial score (nSPS) is 19.2. The maximum atomic E-state index is 13.1. The number of nitrogen functional groups attached to an aromatic ring is 1. The van der Waals surface area contributed by atoms with Gasteiger partial charge in [0.1, 0.15) is 55.1 Å². The van der Waals surface area contributed by atoms with Crippen LogP contribution in [0.2, 0.25) is 0 Å². The number of nitrogens with two attached hydrogens (primary N) is 2. The molecular weight excluding hydrogens is 536 g/mol. The fourth-order valence-electron chi connectivity index (χ4n) is 4.29. The molecule has 1 fully saturated rings. The standard InChI is InChI=1S/C22H20N8O6S2/c1-36-27-14(12-9-38-22(24)25-12)18(32)26-15-19(33)30-16(21(34)35)11(8-37-20(15)30)7-29-5-4-28-6-10(17(23)31)2-3-13(28)29/h2-6,9,15,20H,7-8H2,1H3,(H5-,23,24,25,26,31,32,34,35)/p+1/b27-14-/t15-,20-/m1/s1. The number of aromatic nitrogens is 3. The summed E-state index contributed by atoms with van der Waals surface area (Å²) in [5, 5.41) is 17.5. The van der Waals surface area contributed by atoms with Gasteiger partial charge in [0.15, 0.2) is 10.8 Å². The molecule has 0 unspecified atom stereocenters. The van der Waals surface area contributed by atoms with Gasteiger partial charge in [-0.2, -0.15) is 0 Å². The van der Waals surface area contributed by atoms with Gasteiger partial charge in [-0.1, -0.05) is 5.16 Å². The number of pyridine rings is 1. The highest BCUT2D eigenvalue weighted by atomic mass is 32.2. The number of hydrogen-bond acceptors (Lipinski definition) is 10. The molecule has 0 bridgehead atoms.